The number of benzene rings is 2. The second kappa shape index (κ2) is 9.07. The molecule has 1 unspecified atom stereocenters. The molecule has 180 valence electrons. The Bertz CT molecular complexity index is 1170. The average Bonchev–Trinajstić information content (AvgIpc) is 3.48. The Morgan fingerprint density at radius 2 is 1.88 bits per heavy atom. The van der Waals surface area contributed by atoms with E-state index in [2.05, 4.69) is 25.1 Å². The summed E-state index contributed by atoms with van der Waals surface area (Å²) in [6.07, 6.45) is -3.35. The smallest absolute Gasteiger partial charge is 0.190 e. The summed E-state index contributed by atoms with van der Waals surface area (Å²) in [4.78, 5) is 2.37. The first-order valence-electron chi connectivity index (χ1n) is 11.4. The Balaban J connectivity index is 1.34. The van der Waals surface area contributed by atoms with Crippen LogP contribution in [0.25, 0.3) is 10.4 Å². The third kappa shape index (κ3) is 4.40. The molecule has 2 aliphatic heterocycles. The van der Waals surface area contributed by atoms with E-state index in [0.717, 1.165) is 33.7 Å². The van der Waals surface area contributed by atoms with Gasteiger partial charge >= 0.3 is 0 Å². The first-order chi connectivity index (χ1) is 16.3. The van der Waals surface area contributed by atoms with Crippen LogP contribution < -0.4 is 4.74 Å². The molecule has 0 bridgehead atoms. The number of aliphatic hydroxyl groups excluding tert-OH is 2. The standard InChI is InChI=1S/C27H30O6S/c1-15-9-10-16(22(28)24-23(29)25-26(31-24)33-27(2,3)32-25)13-17(15)14-18-11-12-21(34-18)19-7-5-6-8-20(19)30-4/h5-13,22-26,28-29H,14H2,1-4H3/t22?,23-,24+,25+,26+/m1/s1. The van der Waals surface area contributed by atoms with Gasteiger partial charge in [-0.15, -0.1) is 11.3 Å². The average molecular weight is 483 g/mol. The number of thiophene rings is 1. The van der Waals surface area contributed by atoms with Crippen LogP contribution in [0.4, 0.5) is 0 Å². The van der Waals surface area contributed by atoms with Crippen LogP contribution in [0.15, 0.2) is 54.6 Å². The third-order valence-corrected chi connectivity index (χ3v) is 7.60. The number of ether oxygens (including phenoxy) is 4. The number of hydrogen-bond acceptors (Lipinski definition) is 7. The first kappa shape index (κ1) is 23.5. The van der Waals surface area contributed by atoms with Crippen LogP contribution in [0.1, 0.15) is 41.5 Å². The molecule has 2 aliphatic rings. The summed E-state index contributed by atoms with van der Waals surface area (Å²) in [5.41, 5.74) is 4.03. The molecule has 2 N–H and O–H groups in total. The lowest BCUT2D eigenvalue weighted by atomic mass is 9.94. The summed E-state index contributed by atoms with van der Waals surface area (Å²) >= 11 is 1.73. The van der Waals surface area contributed by atoms with Gasteiger partial charge in [-0.2, -0.15) is 0 Å². The van der Waals surface area contributed by atoms with Gasteiger partial charge in [0, 0.05) is 21.7 Å². The van der Waals surface area contributed by atoms with E-state index in [9.17, 15) is 10.2 Å². The number of para-hydroxylation sites is 1. The highest BCUT2D eigenvalue weighted by Crippen LogP contribution is 2.41. The molecule has 5 atom stereocenters. The summed E-state index contributed by atoms with van der Waals surface area (Å²) in [7, 11) is 1.69. The van der Waals surface area contributed by atoms with Gasteiger partial charge in [-0.1, -0.05) is 30.3 Å². The Kier molecular flexibility index (Phi) is 6.27. The van der Waals surface area contributed by atoms with Gasteiger partial charge in [0.25, 0.3) is 0 Å². The van der Waals surface area contributed by atoms with Crippen LogP contribution >= 0.6 is 11.3 Å². The largest absolute Gasteiger partial charge is 0.496 e. The molecule has 34 heavy (non-hydrogen) atoms. The van der Waals surface area contributed by atoms with Crippen molar-refractivity contribution in [3.05, 3.63) is 76.2 Å². The molecule has 0 spiro atoms. The molecular formula is C27H30O6S. The fourth-order valence-corrected chi connectivity index (χ4v) is 5.75. The van der Waals surface area contributed by atoms with Gasteiger partial charge in [-0.05, 0) is 61.7 Å². The Hall–Kier alpha value is -2.26. The van der Waals surface area contributed by atoms with E-state index in [0.29, 0.717) is 5.56 Å². The highest BCUT2D eigenvalue weighted by atomic mass is 32.1. The van der Waals surface area contributed by atoms with Crippen LogP contribution in [0.5, 0.6) is 5.75 Å². The molecule has 3 heterocycles. The van der Waals surface area contributed by atoms with E-state index < -0.39 is 36.5 Å². The van der Waals surface area contributed by atoms with Crippen molar-refractivity contribution >= 4 is 11.3 Å². The minimum absolute atomic E-state index is 0.612. The molecule has 3 aromatic rings. The van der Waals surface area contributed by atoms with E-state index in [1.165, 1.54) is 4.88 Å². The second-order valence-corrected chi connectivity index (χ2v) is 10.5. The Labute approximate surface area is 203 Å². The van der Waals surface area contributed by atoms with Crippen molar-refractivity contribution in [2.75, 3.05) is 7.11 Å². The molecule has 0 radical (unpaired) electrons. The number of rotatable bonds is 6. The van der Waals surface area contributed by atoms with Crippen molar-refractivity contribution in [1.82, 2.24) is 0 Å². The maximum absolute atomic E-state index is 11.1. The highest BCUT2D eigenvalue weighted by Gasteiger charge is 2.56. The van der Waals surface area contributed by atoms with Crippen molar-refractivity contribution in [2.45, 2.75) is 63.7 Å². The van der Waals surface area contributed by atoms with Gasteiger partial charge in [-0.3, -0.25) is 0 Å². The molecule has 0 amide bonds. The molecule has 0 saturated carbocycles. The topological polar surface area (TPSA) is 77.4 Å². The SMILES string of the molecule is COc1ccccc1-c1ccc(Cc2cc(C(O)[C@@H]3O[C@H]4OC(C)(C)O[C@H]4[C@@H]3O)ccc2C)s1. The normalized spacial score (nSPS) is 26.4. The van der Waals surface area contributed by atoms with Crippen molar-refractivity contribution in [3.63, 3.8) is 0 Å². The monoisotopic (exact) mass is 482 g/mol. The van der Waals surface area contributed by atoms with Gasteiger partial charge < -0.3 is 29.2 Å². The summed E-state index contributed by atoms with van der Waals surface area (Å²) in [5.74, 6) is 0.0421. The molecule has 5 rings (SSSR count). The predicted octanol–water partition coefficient (Wildman–Crippen LogP) is 4.59. The molecule has 2 aromatic carbocycles. The van der Waals surface area contributed by atoms with Crippen molar-refractivity contribution in [3.8, 4) is 16.2 Å². The van der Waals surface area contributed by atoms with E-state index >= 15 is 0 Å². The molecule has 1 aromatic heterocycles. The van der Waals surface area contributed by atoms with Gasteiger partial charge in [0.15, 0.2) is 12.1 Å². The van der Waals surface area contributed by atoms with E-state index in [1.807, 2.05) is 36.4 Å². The molecule has 2 saturated heterocycles. The minimum atomic E-state index is -0.997. The second-order valence-electron chi connectivity index (χ2n) is 9.33. The molecule has 2 fully saturated rings. The first-order valence-corrected chi connectivity index (χ1v) is 12.3. The maximum atomic E-state index is 11.1. The maximum Gasteiger partial charge on any atom is 0.190 e. The number of hydrogen-bond donors (Lipinski definition) is 2. The van der Waals surface area contributed by atoms with Gasteiger partial charge in [-0.25, -0.2) is 0 Å². The van der Waals surface area contributed by atoms with Crippen molar-refractivity contribution < 1.29 is 29.2 Å². The van der Waals surface area contributed by atoms with Gasteiger partial charge in [0.1, 0.15) is 30.2 Å². The Morgan fingerprint density at radius 3 is 2.65 bits per heavy atom. The zero-order valence-electron chi connectivity index (χ0n) is 19.7. The third-order valence-electron chi connectivity index (χ3n) is 6.48. The predicted molar refractivity (Wildman–Crippen MR) is 130 cm³/mol. The van der Waals surface area contributed by atoms with Crippen LogP contribution in [0.3, 0.4) is 0 Å². The fourth-order valence-electron chi connectivity index (χ4n) is 4.69. The zero-order valence-corrected chi connectivity index (χ0v) is 20.5. The van der Waals surface area contributed by atoms with Crippen LogP contribution in [-0.2, 0) is 20.6 Å². The van der Waals surface area contributed by atoms with Crippen molar-refractivity contribution in [2.24, 2.45) is 0 Å². The van der Waals surface area contributed by atoms with Gasteiger partial charge in [0.05, 0.1) is 7.11 Å². The Morgan fingerprint density at radius 1 is 1.09 bits per heavy atom. The lowest BCUT2D eigenvalue weighted by Crippen LogP contribution is -2.37. The van der Waals surface area contributed by atoms with Crippen LogP contribution in [0, 0.1) is 6.92 Å². The molecule has 6 nitrogen and oxygen atoms in total. The lowest BCUT2D eigenvalue weighted by molar-refractivity contribution is -0.226. The lowest BCUT2D eigenvalue weighted by Gasteiger charge is -2.26. The van der Waals surface area contributed by atoms with Crippen LogP contribution in [-0.4, -0.2) is 47.7 Å². The quantitative estimate of drug-likeness (QED) is 0.535. The number of aryl methyl sites for hydroxylation is 1. The van der Waals surface area contributed by atoms with Crippen molar-refractivity contribution in [1.29, 1.82) is 0 Å². The molecular weight excluding hydrogens is 452 g/mol. The summed E-state index contributed by atoms with van der Waals surface area (Å²) < 4.78 is 22.8. The summed E-state index contributed by atoms with van der Waals surface area (Å²) in [6, 6.07) is 18.1. The summed E-state index contributed by atoms with van der Waals surface area (Å²) in [5, 5.41) is 21.8. The van der Waals surface area contributed by atoms with Crippen LogP contribution in [0.2, 0.25) is 0 Å². The molecule has 7 heteroatoms. The number of methoxy groups -OCH3 is 1. The fraction of sp³-hybridized carbons (Fsp3) is 0.407. The minimum Gasteiger partial charge on any atom is -0.496 e. The van der Waals surface area contributed by atoms with Gasteiger partial charge in [0.2, 0.25) is 0 Å². The molecule has 0 aliphatic carbocycles. The zero-order chi connectivity index (χ0) is 24.0. The van der Waals surface area contributed by atoms with E-state index in [1.54, 1.807) is 32.3 Å². The van der Waals surface area contributed by atoms with E-state index in [4.69, 9.17) is 18.9 Å². The number of fused-ring (bicyclic) bond motifs is 1. The highest BCUT2D eigenvalue weighted by molar-refractivity contribution is 7.15. The number of aliphatic hydroxyl groups is 2. The summed E-state index contributed by atoms with van der Waals surface area (Å²) in [6.45, 7) is 5.63. The van der Waals surface area contributed by atoms with E-state index in [-0.39, 0.29) is 0 Å².